The minimum absolute atomic E-state index is 0.0474. The van der Waals surface area contributed by atoms with Gasteiger partial charge in [0.05, 0.1) is 5.56 Å². The van der Waals surface area contributed by atoms with E-state index < -0.39 is 11.7 Å². The van der Waals surface area contributed by atoms with Gasteiger partial charge in [0.1, 0.15) is 5.82 Å². The summed E-state index contributed by atoms with van der Waals surface area (Å²) in [6, 6.07) is 4.89. The van der Waals surface area contributed by atoms with E-state index in [-0.39, 0.29) is 5.56 Å². The molecule has 0 aromatic heterocycles. The second kappa shape index (κ2) is 6.04. The minimum Gasteiger partial charge on any atom is -0.382 e. The number of halogens is 1. The van der Waals surface area contributed by atoms with Gasteiger partial charge in [-0.3, -0.25) is 4.79 Å². The van der Waals surface area contributed by atoms with Gasteiger partial charge in [-0.15, -0.1) is 0 Å². The van der Waals surface area contributed by atoms with Crippen LogP contribution in [-0.2, 0) is 0 Å². The predicted octanol–water partition coefficient (Wildman–Crippen LogP) is 3.31. The maximum Gasteiger partial charge on any atom is 0.251 e. The third-order valence-electron chi connectivity index (χ3n) is 4.02. The number of nitrogens with one attached hydrogen (secondary N) is 1. The van der Waals surface area contributed by atoms with Gasteiger partial charge in [-0.1, -0.05) is 26.2 Å². The molecule has 2 atom stereocenters. The maximum absolute atomic E-state index is 13.4. The van der Waals surface area contributed by atoms with Crippen LogP contribution < -0.4 is 11.1 Å². The van der Waals surface area contributed by atoms with E-state index in [1.807, 2.05) is 0 Å². The van der Waals surface area contributed by atoms with Gasteiger partial charge in [0.2, 0.25) is 0 Å². The number of carbonyl (C=O) groups excluding carboxylic acids is 1. The molecule has 104 valence electrons. The summed E-state index contributed by atoms with van der Waals surface area (Å²) in [6.45, 7) is 2.20. The van der Waals surface area contributed by atoms with Crippen LogP contribution in [-0.4, -0.2) is 11.9 Å². The van der Waals surface area contributed by atoms with E-state index in [4.69, 9.17) is 5.73 Å². The Kier molecular flexibility index (Phi) is 4.40. The van der Waals surface area contributed by atoms with Gasteiger partial charge in [0, 0.05) is 11.7 Å². The molecule has 1 aromatic carbocycles. The Morgan fingerprint density at radius 1 is 1.42 bits per heavy atom. The molecule has 1 aliphatic carbocycles. The number of carbonyl (C=O) groups is 1. The van der Waals surface area contributed by atoms with Crippen molar-refractivity contribution in [2.75, 3.05) is 5.32 Å². The van der Waals surface area contributed by atoms with Crippen molar-refractivity contribution in [3.8, 4) is 0 Å². The summed E-state index contributed by atoms with van der Waals surface area (Å²) in [6.07, 6.45) is 6.01. The van der Waals surface area contributed by atoms with E-state index in [0.717, 1.165) is 18.5 Å². The molecule has 2 unspecified atom stereocenters. The lowest BCUT2D eigenvalue weighted by atomic mass is 9.83. The highest BCUT2D eigenvalue weighted by molar-refractivity contribution is 5.94. The van der Waals surface area contributed by atoms with E-state index in [1.165, 1.54) is 31.4 Å². The van der Waals surface area contributed by atoms with Gasteiger partial charge < -0.3 is 11.1 Å². The molecular weight excluding hydrogens is 243 g/mol. The van der Waals surface area contributed by atoms with E-state index in [9.17, 15) is 9.18 Å². The van der Waals surface area contributed by atoms with Crippen LogP contribution in [0.2, 0.25) is 0 Å². The van der Waals surface area contributed by atoms with Crippen molar-refractivity contribution in [1.29, 1.82) is 0 Å². The summed E-state index contributed by atoms with van der Waals surface area (Å²) in [5.41, 5.74) is 5.89. The second-order valence-electron chi connectivity index (χ2n) is 5.26. The fourth-order valence-electron chi connectivity index (χ4n) is 2.90. The molecule has 1 fully saturated rings. The van der Waals surface area contributed by atoms with Crippen LogP contribution in [0.3, 0.4) is 0 Å². The fourth-order valence-corrected chi connectivity index (χ4v) is 2.90. The molecule has 0 saturated heterocycles. The molecule has 1 aliphatic rings. The third-order valence-corrected chi connectivity index (χ3v) is 4.02. The largest absolute Gasteiger partial charge is 0.382 e. The van der Waals surface area contributed by atoms with Crippen molar-refractivity contribution in [2.24, 2.45) is 11.7 Å². The average Bonchev–Trinajstić information content (AvgIpc) is 2.41. The first kappa shape index (κ1) is 13.8. The molecule has 0 radical (unpaired) electrons. The minimum atomic E-state index is -0.725. The van der Waals surface area contributed by atoms with E-state index in [0.29, 0.717) is 12.0 Å². The first-order chi connectivity index (χ1) is 9.11. The van der Waals surface area contributed by atoms with Crippen molar-refractivity contribution in [3.05, 3.63) is 29.6 Å². The number of anilines is 1. The Hall–Kier alpha value is -1.58. The normalized spacial score (nSPS) is 23.1. The second-order valence-corrected chi connectivity index (χ2v) is 5.26. The van der Waals surface area contributed by atoms with Crippen molar-refractivity contribution >= 4 is 11.6 Å². The van der Waals surface area contributed by atoms with Crippen LogP contribution in [0.15, 0.2) is 18.2 Å². The zero-order chi connectivity index (χ0) is 13.8. The lowest BCUT2D eigenvalue weighted by Gasteiger charge is -2.32. The number of amides is 1. The highest BCUT2D eigenvalue weighted by Crippen LogP contribution is 2.29. The first-order valence-corrected chi connectivity index (χ1v) is 6.97. The van der Waals surface area contributed by atoms with Crippen LogP contribution in [0.1, 0.15) is 49.4 Å². The van der Waals surface area contributed by atoms with Crippen LogP contribution in [0.4, 0.5) is 10.1 Å². The molecule has 2 rings (SSSR count). The Morgan fingerprint density at radius 3 is 2.84 bits per heavy atom. The lowest BCUT2D eigenvalue weighted by Crippen LogP contribution is -2.31. The van der Waals surface area contributed by atoms with Crippen LogP contribution in [0, 0.1) is 11.7 Å². The van der Waals surface area contributed by atoms with E-state index >= 15 is 0 Å². The number of hydrogen-bond donors (Lipinski definition) is 2. The molecule has 1 saturated carbocycles. The van der Waals surface area contributed by atoms with Crippen molar-refractivity contribution in [1.82, 2.24) is 0 Å². The van der Waals surface area contributed by atoms with Crippen LogP contribution in [0.5, 0.6) is 0 Å². The summed E-state index contributed by atoms with van der Waals surface area (Å²) in [4.78, 5) is 11.1. The Labute approximate surface area is 113 Å². The summed E-state index contributed by atoms with van der Waals surface area (Å²) in [5, 5.41) is 3.43. The summed E-state index contributed by atoms with van der Waals surface area (Å²) >= 11 is 0. The highest BCUT2D eigenvalue weighted by Gasteiger charge is 2.23. The van der Waals surface area contributed by atoms with E-state index in [1.54, 1.807) is 6.07 Å². The zero-order valence-corrected chi connectivity index (χ0v) is 11.3. The number of hydrogen-bond acceptors (Lipinski definition) is 2. The summed E-state index contributed by atoms with van der Waals surface area (Å²) in [7, 11) is 0. The van der Waals surface area contributed by atoms with Crippen LogP contribution in [0.25, 0.3) is 0 Å². The molecule has 0 spiro atoms. The molecule has 19 heavy (non-hydrogen) atoms. The maximum atomic E-state index is 13.4. The number of benzene rings is 1. The van der Waals surface area contributed by atoms with Gasteiger partial charge in [0.25, 0.3) is 5.91 Å². The number of primary amides is 1. The Balaban J connectivity index is 2.14. The molecular formula is C15H21FN2O. The smallest absolute Gasteiger partial charge is 0.251 e. The Morgan fingerprint density at radius 2 is 2.16 bits per heavy atom. The molecule has 0 heterocycles. The van der Waals surface area contributed by atoms with Gasteiger partial charge in [-0.05, 0) is 37.0 Å². The van der Waals surface area contributed by atoms with Crippen molar-refractivity contribution < 1.29 is 9.18 Å². The topological polar surface area (TPSA) is 55.1 Å². The van der Waals surface area contributed by atoms with Crippen LogP contribution >= 0.6 is 0 Å². The molecule has 1 amide bonds. The quantitative estimate of drug-likeness (QED) is 0.876. The van der Waals surface area contributed by atoms with Gasteiger partial charge >= 0.3 is 0 Å². The van der Waals surface area contributed by atoms with Gasteiger partial charge in [-0.25, -0.2) is 4.39 Å². The monoisotopic (exact) mass is 264 g/mol. The highest BCUT2D eigenvalue weighted by atomic mass is 19.1. The van der Waals surface area contributed by atoms with Gasteiger partial charge in [0.15, 0.2) is 0 Å². The molecule has 3 nitrogen and oxygen atoms in total. The molecule has 1 aromatic rings. The predicted molar refractivity (Wildman–Crippen MR) is 74.6 cm³/mol. The average molecular weight is 264 g/mol. The van der Waals surface area contributed by atoms with Crippen molar-refractivity contribution in [2.45, 2.75) is 45.1 Å². The molecule has 4 heteroatoms. The molecule has 0 bridgehead atoms. The molecule has 3 N–H and O–H groups in total. The SMILES string of the molecule is CCC1CCCCC1Nc1ccc(F)c(C(N)=O)c1. The fraction of sp³-hybridized carbons (Fsp3) is 0.533. The number of nitrogens with two attached hydrogens (primary N) is 1. The Bertz CT molecular complexity index is 461. The number of rotatable bonds is 4. The summed E-state index contributed by atoms with van der Waals surface area (Å²) < 4.78 is 13.4. The van der Waals surface area contributed by atoms with Gasteiger partial charge in [-0.2, -0.15) is 0 Å². The van der Waals surface area contributed by atoms with Crippen molar-refractivity contribution in [3.63, 3.8) is 0 Å². The standard InChI is InChI=1S/C15H21FN2O/c1-2-10-5-3-4-6-14(10)18-11-7-8-13(16)12(9-11)15(17)19/h7-10,14,18H,2-6H2,1H3,(H2,17,19). The zero-order valence-electron chi connectivity index (χ0n) is 11.3. The first-order valence-electron chi connectivity index (χ1n) is 6.97. The van der Waals surface area contributed by atoms with E-state index in [2.05, 4.69) is 12.2 Å². The molecule has 0 aliphatic heterocycles. The lowest BCUT2D eigenvalue weighted by molar-refractivity contribution is 0.0996. The third kappa shape index (κ3) is 3.25. The summed E-state index contributed by atoms with van der Waals surface area (Å²) in [5.74, 6) is -0.638.